The predicted octanol–water partition coefficient (Wildman–Crippen LogP) is 5.02. The highest BCUT2D eigenvalue weighted by Crippen LogP contribution is 2.42. The van der Waals surface area contributed by atoms with Crippen LogP contribution in [0.5, 0.6) is 11.5 Å². The first-order valence-electron chi connectivity index (χ1n) is 11.8. The smallest absolute Gasteiger partial charge is 0.335 e. The van der Waals surface area contributed by atoms with Crippen molar-refractivity contribution in [3.63, 3.8) is 0 Å². The highest BCUT2D eigenvalue weighted by atomic mass is 16.5. The zero-order chi connectivity index (χ0) is 25.5. The van der Waals surface area contributed by atoms with Crippen molar-refractivity contribution in [3.05, 3.63) is 70.3 Å². The number of ether oxygens (including phenoxy) is 4. The minimum Gasteiger partial charge on any atom is -0.493 e. The van der Waals surface area contributed by atoms with Crippen molar-refractivity contribution in [1.82, 2.24) is 0 Å². The quantitative estimate of drug-likeness (QED) is 0.376. The summed E-state index contributed by atoms with van der Waals surface area (Å²) in [6.07, 6.45) is 2.76. The van der Waals surface area contributed by atoms with E-state index in [1.807, 2.05) is 37.3 Å². The number of allylic oxidation sites excluding steroid dienone is 1. The number of aromatic carboxylic acids is 1. The van der Waals surface area contributed by atoms with E-state index in [0.717, 1.165) is 16.7 Å². The molecule has 1 fully saturated rings. The van der Waals surface area contributed by atoms with Crippen LogP contribution < -0.4 is 9.47 Å². The molecular weight excluding hydrogens is 448 g/mol. The number of carboxylic acid groups (broad SMARTS) is 1. The van der Waals surface area contributed by atoms with Crippen LogP contribution in [-0.4, -0.2) is 44.5 Å². The van der Waals surface area contributed by atoms with Crippen LogP contribution in [0, 0.1) is 11.8 Å². The normalized spacial score (nSPS) is 19.9. The lowest BCUT2D eigenvalue weighted by molar-refractivity contribution is -0.141. The Balaban J connectivity index is 1.89. The van der Waals surface area contributed by atoms with Gasteiger partial charge in [-0.15, -0.1) is 0 Å². The number of methoxy groups -OCH3 is 2. The Morgan fingerprint density at radius 2 is 1.86 bits per heavy atom. The van der Waals surface area contributed by atoms with Crippen molar-refractivity contribution in [2.45, 2.75) is 39.7 Å². The van der Waals surface area contributed by atoms with Gasteiger partial charge in [-0.25, -0.2) is 9.59 Å². The summed E-state index contributed by atoms with van der Waals surface area (Å²) in [6.45, 7) is 6.18. The van der Waals surface area contributed by atoms with Gasteiger partial charge >= 0.3 is 11.9 Å². The van der Waals surface area contributed by atoms with Gasteiger partial charge in [-0.3, -0.25) is 0 Å². The number of hydrogen-bond donors (Lipinski definition) is 1. The van der Waals surface area contributed by atoms with Crippen LogP contribution >= 0.6 is 0 Å². The Morgan fingerprint density at radius 3 is 2.49 bits per heavy atom. The highest BCUT2D eigenvalue weighted by Gasteiger charge is 2.39. The highest BCUT2D eigenvalue weighted by molar-refractivity contribution is 5.89. The number of rotatable bonds is 10. The Morgan fingerprint density at radius 1 is 1.11 bits per heavy atom. The summed E-state index contributed by atoms with van der Waals surface area (Å²) in [5.41, 5.74) is 3.64. The molecule has 0 aromatic heterocycles. The van der Waals surface area contributed by atoms with Gasteiger partial charge in [0.15, 0.2) is 11.5 Å². The van der Waals surface area contributed by atoms with E-state index in [0.29, 0.717) is 42.1 Å². The van der Waals surface area contributed by atoms with Gasteiger partial charge in [0.25, 0.3) is 0 Å². The molecule has 0 radical (unpaired) electrons. The topological polar surface area (TPSA) is 91.3 Å². The van der Waals surface area contributed by atoms with Crippen LogP contribution in [0.15, 0.2) is 48.0 Å². The number of carboxylic acids is 1. The van der Waals surface area contributed by atoms with Crippen LogP contribution in [0.1, 0.15) is 53.9 Å². The standard InChI is InChI=1S/C28H34O7/c1-6-17(3)28(31)35-16-23-21(13-18-8-10-22(27(29)30)19(7-2)12-18)15-34-26(23)20-9-11-24(32-4)25(14-20)33-5/h6,8-12,14,21,23,26H,7,13,15-16H2,1-5H3,(H,29,30)/b17-6-/t21-,23-,26+/m0/s1. The van der Waals surface area contributed by atoms with Crippen molar-refractivity contribution in [1.29, 1.82) is 0 Å². The van der Waals surface area contributed by atoms with Crippen LogP contribution in [0.2, 0.25) is 0 Å². The lowest BCUT2D eigenvalue weighted by atomic mass is 9.83. The molecule has 3 atom stereocenters. The number of esters is 1. The van der Waals surface area contributed by atoms with Gasteiger partial charge in [-0.05, 0) is 67.5 Å². The van der Waals surface area contributed by atoms with Gasteiger partial charge in [0.2, 0.25) is 0 Å². The fourth-order valence-electron chi connectivity index (χ4n) is 4.51. The molecule has 0 unspecified atom stereocenters. The fourth-order valence-corrected chi connectivity index (χ4v) is 4.51. The molecular formula is C28H34O7. The van der Waals surface area contributed by atoms with Crippen molar-refractivity contribution >= 4 is 11.9 Å². The van der Waals surface area contributed by atoms with Crippen LogP contribution in [0.4, 0.5) is 0 Å². The van der Waals surface area contributed by atoms with Crippen molar-refractivity contribution in [2.75, 3.05) is 27.4 Å². The molecule has 7 nitrogen and oxygen atoms in total. The molecule has 35 heavy (non-hydrogen) atoms. The summed E-state index contributed by atoms with van der Waals surface area (Å²) in [7, 11) is 3.18. The lowest BCUT2D eigenvalue weighted by Gasteiger charge is -2.24. The molecule has 3 rings (SSSR count). The molecule has 7 heteroatoms. The summed E-state index contributed by atoms with van der Waals surface area (Å²) < 4.78 is 22.8. The van der Waals surface area contributed by atoms with Gasteiger partial charge < -0.3 is 24.1 Å². The van der Waals surface area contributed by atoms with E-state index >= 15 is 0 Å². The van der Waals surface area contributed by atoms with Gasteiger partial charge in [0.05, 0.1) is 39.1 Å². The van der Waals surface area contributed by atoms with Crippen LogP contribution in [0.25, 0.3) is 0 Å². The zero-order valence-electron chi connectivity index (χ0n) is 21.0. The Kier molecular flexibility index (Phi) is 8.93. The third-order valence-corrected chi connectivity index (χ3v) is 6.66. The summed E-state index contributed by atoms with van der Waals surface area (Å²) in [5, 5.41) is 9.45. The molecule has 0 spiro atoms. The number of aryl methyl sites for hydroxylation is 1. The van der Waals surface area contributed by atoms with E-state index in [-0.39, 0.29) is 30.5 Å². The first-order chi connectivity index (χ1) is 16.8. The first kappa shape index (κ1) is 26.3. The lowest BCUT2D eigenvalue weighted by Crippen LogP contribution is -2.25. The van der Waals surface area contributed by atoms with Crippen LogP contribution in [-0.2, 0) is 27.1 Å². The third kappa shape index (κ3) is 6.03. The molecule has 0 aliphatic carbocycles. The third-order valence-electron chi connectivity index (χ3n) is 6.66. The largest absolute Gasteiger partial charge is 0.493 e. The Labute approximate surface area is 206 Å². The molecule has 0 saturated carbocycles. The minimum atomic E-state index is -0.921. The zero-order valence-corrected chi connectivity index (χ0v) is 21.0. The van der Waals surface area contributed by atoms with Gasteiger partial charge in [0, 0.05) is 11.5 Å². The number of benzene rings is 2. The van der Waals surface area contributed by atoms with E-state index in [1.165, 1.54) is 0 Å². The van der Waals surface area contributed by atoms with Gasteiger partial charge in [-0.2, -0.15) is 0 Å². The molecule has 0 bridgehead atoms. The molecule has 2 aromatic carbocycles. The van der Waals surface area contributed by atoms with Crippen molar-refractivity contribution in [3.8, 4) is 11.5 Å². The summed E-state index contributed by atoms with van der Waals surface area (Å²) in [5.74, 6) is -0.0471. The number of hydrogen-bond acceptors (Lipinski definition) is 6. The van der Waals surface area contributed by atoms with Crippen molar-refractivity contribution < 1.29 is 33.6 Å². The van der Waals surface area contributed by atoms with Crippen LogP contribution in [0.3, 0.4) is 0 Å². The molecule has 2 aromatic rings. The van der Waals surface area contributed by atoms with Gasteiger partial charge in [-0.1, -0.05) is 31.2 Å². The minimum absolute atomic E-state index is 0.0761. The van der Waals surface area contributed by atoms with E-state index in [4.69, 9.17) is 18.9 Å². The molecule has 188 valence electrons. The van der Waals surface area contributed by atoms with Crippen molar-refractivity contribution in [2.24, 2.45) is 11.8 Å². The number of carbonyl (C=O) groups excluding carboxylic acids is 1. The monoisotopic (exact) mass is 482 g/mol. The Hall–Kier alpha value is -3.32. The molecule has 0 amide bonds. The van der Waals surface area contributed by atoms with E-state index in [2.05, 4.69) is 0 Å². The second-order valence-electron chi connectivity index (χ2n) is 8.72. The maximum absolute atomic E-state index is 12.4. The Bertz CT molecular complexity index is 1090. The summed E-state index contributed by atoms with van der Waals surface area (Å²) >= 11 is 0. The second kappa shape index (κ2) is 11.9. The molecule has 1 aliphatic rings. The molecule has 1 N–H and O–H groups in total. The SMILES string of the molecule is C/C=C(/C)C(=O)OC[C@H]1[C@@H](Cc2ccc(C(=O)O)c(CC)c2)CO[C@@H]1c1ccc(OC)c(OC)c1. The average molecular weight is 483 g/mol. The first-order valence-corrected chi connectivity index (χ1v) is 11.8. The predicted molar refractivity (Wildman–Crippen MR) is 132 cm³/mol. The molecule has 1 heterocycles. The van der Waals surface area contributed by atoms with E-state index < -0.39 is 5.97 Å². The fraction of sp³-hybridized carbons (Fsp3) is 0.429. The summed E-state index contributed by atoms with van der Waals surface area (Å²) in [4.78, 5) is 23.9. The number of carbonyl (C=O) groups is 2. The summed E-state index contributed by atoms with van der Waals surface area (Å²) in [6, 6.07) is 11.2. The molecule has 1 saturated heterocycles. The van der Waals surface area contributed by atoms with E-state index in [1.54, 1.807) is 40.2 Å². The van der Waals surface area contributed by atoms with E-state index in [9.17, 15) is 14.7 Å². The molecule has 1 aliphatic heterocycles. The maximum atomic E-state index is 12.4. The maximum Gasteiger partial charge on any atom is 0.335 e. The second-order valence-corrected chi connectivity index (χ2v) is 8.72. The van der Waals surface area contributed by atoms with Gasteiger partial charge in [0.1, 0.15) is 0 Å². The average Bonchev–Trinajstić information content (AvgIpc) is 3.27.